The van der Waals surface area contributed by atoms with Crippen molar-refractivity contribution in [2.75, 3.05) is 14.2 Å². The highest BCUT2D eigenvalue weighted by Gasteiger charge is 2.07. The fourth-order valence-electron chi connectivity index (χ4n) is 1.26. The molecule has 18 heavy (non-hydrogen) atoms. The molecule has 0 amide bonds. The van der Waals surface area contributed by atoms with Gasteiger partial charge in [0.25, 0.3) is 0 Å². The van der Waals surface area contributed by atoms with E-state index in [4.69, 9.17) is 9.47 Å². The van der Waals surface area contributed by atoms with Gasteiger partial charge in [0.2, 0.25) is 0 Å². The van der Waals surface area contributed by atoms with Gasteiger partial charge in [0.15, 0.2) is 11.5 Å². The monoisotopic (exact) mass is 250 g/mol. The second-order valence-corrected chi connectivity index (χ2v) is 3.36. The summed E-state index contributed by atoms with van der Waals surface area (Å²) in [5, 5.41) is 0. The first-order valence-electron chi connectivity index (χ1n) is 5.19. The van der Waals surface area contributed by atoms with Crippen LogP contribution in [-0.4, -0.2) is 26.2 Å². The van der Waals surface area contributed by atoms with Crippen molar-refractivity contribution >= 4 is 18.0 Å². The Kier molecular flexibility index (Phi) is 4.92. The molecule has 0 aliphatic rings. The molecule has 0 spiro atoms. The van der Waals surface area contributed by atoms with Gasteiger partial charge in [0.1, 0.15) is 0 Å². The van der Waals surface area contributed by atoms with Crippen LogP contribution in [0.15, 0.2) is 24.3 Å². The van der Waals surface area contributed by atoms with Crippen LogP contribution in [-0.2, 0) is 14.3 Å². The predicted octanol–water partition coefficient (Wildman–Crippen LogP) is 1.81. The maximum atomic E-state index is 10.9. The zero-order valence-electron chi connectivity index (χ0n) is 10.4. The first-order valence-corrected chi connectivity index (χ1v) is 5.19. The van der Waals surface area contributed by atoms with Gasteiger partial charge in [-0.2, -0.15) is 0 Å². The number of ether oxygens (including phenoxy) is 3. The lowest BCUT2D eigenvalue weighted by Crippen LogP contribution is -2.03. The second kappa shape index (κ2) is 6.44. The fraction of sp³-hybridized carbons (Fsp3) is 0.231. The summed E-state index contributed by atoms with van der Waals surface area (Å²) in [4.78, 5) is 21.8. The minimum absolute atomic E-state index is 0.334. The molecule has 1 aromatic carbocycles. The van der Waals surface area contributed by atoms with Gasteiger partial charge in [0.05, 0.1) is 14.2 Å². The van der Waals surface area contributed by atoms with E-state index in [1.807, 2.05) is 0 Å². The van der Waals surface area contributed by atoms with Crippen LogP contribution in [0.25, 0.3) is 6.08 Å². The summed E-state index contributed by atoms with van der Waals surface area (Å²) in [7, 11) is 2.77. The van der Waals surface area contributed by atoms with Gasteiger partial charge < -0.3 is 14.2 Å². The summed E-state index contributed by atoms with van der Waals surface area (Å²) in [6, 6.07) is 4.94. The average molecular weight is 250 g/mol. The largest absolute Gasteiger partial charge is 0.493 e. The van der Waals surface area contributed by atoms with Crippen molar-refractivity contribution in [3.05, 3.63) is 29.8 Å². The van der Waals surface area contributed by atoms with Gasteiger partial charge in [-0.05, 0) is 23.8 Å². The standard InChI is InChI=1S/C13H14O5/c1-9(14)18-11-6-4-10(8-12(11)16-2)5-7-13(15)17-3/h4-8H,1-3H3. The molecule has 0 aliphatic carbocycles. The van der Waals surface area contributed by atoms with Crippen molar-refractivity contribution < 1.29 is 23.8 Å². The molecule has 0 heterocycles. The molecule has 1 rings (SSSR count). The molecule has 0 saturated carbocycles. The molecule has 0 unspecified atom stereocenters. The van der Waals surface area contributed by atoms with Gasteiger partial charge in [-0.15, -0.1) is 0 Å². The van der Waals surface area contributed by atoms with E-state index < -0.39 is 11.9 Å². The number of methoxy groups -OCH3 is 2. The third-order valence-corrected chi connectivity index (χ3v) is 2.05. The molecule has 0 saturated heterocycles. The lowest BCUT2D eigenvalue weighted by molar-refractivity contribution is -0.135. The van der Waals surface area contributed by atoms with E-state index in [-0.39, 0.29) is 0 Å². The quantitative estimate of drug-likeness (QED) is 0.463. The molecule has 0 radical (unpaired) electrons. The minimum Gasteiger partial charge on any atom is -0.493 e. The SMILES string of the molecule is COC(=O)C=Cc1ccc(OC(C)=O)c(OC)c1. The van der Waals surface area contributed by atoms with Crippen LogP contribution in [0.1, 0.15) is 12.5 Å². The molecule has 5 nitrogen and oxygen atoms in total. The molecule has 1 aromatic rings. The van der Waals surface area contributed by atoms with Gasteiger partial charge in [-0.25, -0.2) is 4.79 Å². The Morgan fingerprint density at radius 3 is 2.44 bits per heavy atom. The van der Waals surface area contributed by atoms with Crippen LogP contribution in [0.5, 0.6) is 11.5 Å². The Morgan fingerprint density at radius 1 is 1.17 bits per heavy atom. The molecule has 0 bridgehead atoms. The molecular formula is C13H14O5. The number of esters is 2. The van der Waals surface area contributed by atoms with Crippen LogP contribution in [0, 0.1) is 0 Å². The van der Waals surface area contributed by atoms with E-state index >= 15 is 0 Å². The lowest BCUT2D eigenvalue weighted by Gasteiger charge is -2.08. The van der Waals surface area contributed by atoms with Gasteiger partial charge in [-0.1, -0.05) is 6.07 Å². The maximum Gasteiger partial charge on any atom is 0.330 e. The highest BCUT2D eigenvalue weighted by molar-refractivity contribution is 5.87. The van der Waals surface area contributed by atoms with Crippen LogP contribution in [0.2, 0.25) is 0 Å². The molecule has 0 fully saturated rings. The smallest absolute Gasteiger partial charge is 0.330 e. The fourth-order valence-corrected chi connectivity index (χ4v) is 1.26. The van der Waals surface area contributed by atoms with E-state index in [1.165, 1.54) is 27.2 Å². The van der Waals surface area contributed by atoms with Crippen LogP contribution < -0.4 is 9.47 Å². The van der Waals surface area contributed by atoms with Crippen molar-refractivity contribution in [1.82, 2.24) is 0 Å². The first-order chi connectivity index (χ1) is 8.56. The molecule has 0 N–H and O–H groups in total. The summed E-state index contributed by atoms with van der Waals surface area (Å²) in [6.07, 6.45) is 2.87. The zero-order chi connectivity index (χ0) is 13.5. The third kappa shape index (κ3) is 3.93. The normalized spacial score (nSPS) is 10.2. The molecular weight excluding hydrogens is 236 g/mol. The Hall–Kier alpha value is -2.30. The summed E-state index contributed by atoms with van der Waals surface area (Å²) >= 11 is 0. The number of carbonyl (C=O) groups excluding carboxylic acids is 2. The van der Waals surface area contributed by atoms with Crippen LogP contribution in [0.3, 0.4) is 0 Å². The Balaban J connectivity index is 2.94. The highest BCUT2D eigenvalue weighted by atomic mass is 16.6. The number of benzene rings is 1. The molecule has 96 valence electrons. The molecule has 5 heteroatoms. The van der Waals surface area contributed by atoms with Crippen molar-refractivity contribution in [2.24, 2.45) is 0 Å². The predicted molar refractivity (Wildman–Crippen MR) is 65.4 cm³/mol. The van der Waals surface area contributed by atoms with E-state index in [0.717, 1.165) is 5.56 Å². The molecule has 0 atom stereocenters. The van der Waals surface area contributed by atoms with E-state index in [2.05, 4.69) is 4.74 Å². The van der Waals surface area contributed by atoms with E-state index in [0.29, 0.717) is 11.5 Å². The lowest BCUT2D eigenvalue weighted by atomic mass is 10.2. The van der Waals surface area contributed by atoms with Crippen molar-refractivity contribution in [3.8, 4) is 11.5 Å². The number of rotatable bonds is 4. The highest BCUT2D eigenvalue weighted by Crippen LogP contribution is 2.28. The van der Waals surface area contributed by atoms with Crippen molar-refractivity contribution in [2.45, 2.75) is 6.92 Å². The Bertz CT molecular complexity index is 476. The molecule has 0 aliphatic heterocycles. The number of hydrogen-bond acceptors (Lipinski definition) is 5. The maximum absolute atomic E-state index is 10.9. The summed E-state index contributed by atoms with van der Waals surface area (Å²) in [5.74, 6) is -0.124. The third-order valence-electron chi connectivity index (χ3n) is 2.05. The zero-order valence-corrected chi connectivity index (χ0v) is 10.4. The average Bonchev–Trinajstić information content (AvgIpc) is 2.36. The summed E-state index contributed by atoms with van der Waals surface area (Å²) in [6.45, 7) is 1.31. The summed E-state index contributed by atoms with van der Waals surface area (Å²) < 4.78 is 14.5. The van der Waals surface area contributed by atoms with Crippen LogP contribution >= 0.6 is 0 Å². The Morgan fingerprint density at radius 2 is 1.89 bits per heavy atom. The van der Waals surface area contributed by atoms with E-state index in [9.17, 15) is 9.59 Å². The molecule has 0 aromatic heterocycles. The van der Waals surface area contributed by atoms with Crippen molar-refractivity contribution in [3.63, 3.8) is 0 Å². The number of carbonyl (C=O) groups is 2. The van der Waals surface area contributed by atoms with Gasteiger partial charge in [0, 0.05) is 13.0 Å². The topological polar surface area (TPSA) is 61.8 Å². The summed E-state index contributed by atoms with van der Waals surface area (Å²) in [5.41, 5.74) is 0.730. The van der Waals surface area contributed by atoms with Gasteiger partial charge in [-0.3, -0.25) is 4.79 Å². The van der Waals surface area contributed by atoms with Gasteiger partial charge >= 0.3 is 11.9 Å². The second-order valence-electron chi connectivity index (χ2n) is 3.36. The Labute approximate surface area is 105 Å². The number of hydrogen-bond donors (Lipinski definition) is 0. The van der Waals surface area contributed by atoms with Crippen LogP contribution in [0.4, 0.5) is 0 Å². The van der Waals surface area contributed by atoms with E-state index in [1.54, 1.807) is 24.3 Å². The first kappa shape index (κ1) is 13.8. The minimum atomic E-state index is -0.446. The van der Waals surface area contributed by atoms with Crippen molar-refractivity contribution in [1.29, 1.82) is 0 Å².